The van der Waals surface area contributed by atoms with Crippen LogP contribution in [-0.2, 0) is 6.54 Å². The van der Waals surface area contributed by atoms with Crippen molar-refractivity contribution in [2.75, 3.05) is 0 Å². The molecule has 3 aromatic rings. The van der Waals surface area contributed by atoms with Crippen LogP contribution in [0.2, 0.25) is 0 Å². The predicted octanol–water partition coefficient (Wildman–Crippen LogP) is 2.84. The van der Waals surface area contributed by atoms with Crippen molar-refractivity contribution < 1.29 is 0 Å². The molecule has 0 aliphatic heterocycles. The summed E-state index contributed by atoms with van der Waals surface area (Å²) in [5, 5.41) is 7.75. The number of benzene rings is 1. The summed E-state index contributed by atoms with van der Waals surface area (Å²) in [6.07, 6.45) is 8.37. The van der Waals surface area contributed by atoms with E-state index < -0.39 is 0 Å². The van der Waals surface area contributed by atoms with Gasteiger partial charge in [0.1, 0.15) is 5.82 Å². The smallest absolute Gasteiger partial charge is 0.123 e. The van der Waals surface area contributed by atoms with Crippen molar-refractivity contribution >= 4 is 0 Å². The third-order valence-electron chi connectivity index (χ3n) is 3.52. The Hall–Kier alpha value is -2.40. The van der Waals surface area contributed by atoms with E-state index in [1.165, 1.54) is 5.56 Å². The third-order valence-corrected chi connectivity index (χ3v) is 3.52. The van der Waals surface area contributed by atoms with Crippen LogP contribution in [0.1, 0.15) is 30.8 Å². The molecule has 0 amide bonds. The quantitative estimate of drug-likeness (QED) is 0.730. The number of hydrogen-bond acceptors (Lipinski definition) is 3. The van der Waals surface area contributed by atoms with Crippen molar-refractivity contribution in [3.8, 4) is 5.69 Å². The number of rotatable bonds is 6. The van der Waals surface area contributed by atoms with E-state index >= 15 is 0 Å². The second-order valence-electron chi connectivity index (χ2n) is 4.93. The van der Waals surface area contributed by atoms with E-state index in [2.05, 4.69) is 51.6 Å². The molecule has 0 bridgehead atoms. The Morgan fingerprint density at radius 2 is 2.10 bits per heavy atom. The summed E-state index contributed by atoms with van der Waals surface area (Å²) >= 11 is 0. The summed E-state index contributed by atoms with van der Waals surface area (Å²) in [4.78, 5) is 7.48. The zero-order valence-corrected chi connectivity index (χ0v) is 12.0. The maximum Gasteiger partial charge on any atom is 0.123 e. The molecule has 1 atom stereocenters. The number of nitrogens with zero attached hydrogens (tertiary/aromatic N) is 3. The molecule has 0 aliphatic carbocycles. The number of H-pyrrole nitrogens is 1. The topological polar surface area (TPSA) is 58.5 Å². The minimum atomic E-state index is 0.255. The maximum absolute atomic E-state index is 4.32. The van der Waals surface area contributed by atoms with Crippen LogP contribution >= 0.6 is 0 Å². The Morgan fingerprint density at radius 3 is 2.71 bits per heavy atom. The molecule has 0 radical (unpaired) electrons. The summed E-state index contributed by atoms with van der Waals surface area (Å²) in [5.41, 5.74) is 2.32. The Kier molecular flexibility index (Phi) is 4.12. The van der Waals surface area contributed by atoms with Crippen molar-refractivity contribution in [3.05, 3.63) is 66.5 Å². The molecule has 108 valence electrons. The van der Waals surface area contributed by atoms with Crippen molar-refractivity contribution in [3.63, 3.8) is 0 Å². The summed E-state index contributed by atoms with van der Waals surface area (Å²) in [6, 6.07) is 10.6. The van der Waals surface area contributed by atoms with Crippen LogP contribution in [0.4, 0.5) is 0 Å². The molecule has 1 unspecified atom stereocenters. The van der Waals surface area contributed by atoms with E-state index in [-0.39, 0.29) is 6.04 Å². The first-order valence-corrected chi connectivity index (χ1v) is 7.18. The highest BCUT2D eigenvalue weighted by Gasteiger charge is 2.10. The molecule has 5 nitrogen and oxygen atoms in total. The van der Waals surface area contributed by atoms with Crippen molar-refractivity contribution in [1.82, 2.24) is 25.1 Å². The van der Waals surface area contributed by atoms with Gasteiger partial charge in [0.05, 0.1) is 11.7 Å². The predicted molar refractivity (Wildman–Crippen MR) is 82.0 cm³/mol. The van der Waals surface area contributed by atoms with Gasteiger partial charge in [0.25, 0.3) is 0 Å². The van der Waals surface area contributed by atoms with Gasteiger partial charge in [-0.3, -0.25) is 0 Å². The lowest BCUT2D eigenvalue weighted by Gasteiger charge is -2.14. The first-order chi connectivity index (χ1) is 10.4. The van der Waals surface area contributed by atoms with E-state index in [0.717, 1.165) is 24.5 Å². The summed E-state index contributed by atoms with van der Waals surface area (Å²) in [7, 11) is 0. The van der Waals surface area contributed by atoms with Crippen LogP contribution < -0.4 is 5.32 Å². The first kappa shape index (κ1) is 13.6. The fourth-order valence-corrected chi connectivity index (χ4v) is 2.33. The van der Waals surface area contributed by atoms with Gasteiger partial charge in [-0.05, 0) is 30.2 Å². The highest BCUT2D eigenvalue weighted by Crippen LogP contribution is 2.13. The Bertz CT molecular complexity index is 641. The van der Waals surface area contributed by atoms with E-state index in [1.54, 1.807) is 12.4 Å². The van der Waals surface area contributed by atoms with Crippen LogP contribution in [0.25, 0.3) is 5.69 Å². The van der Waals surface area contributed by atoms with Gasteiger partial charge in [-0.1, -0.05) is 19.1 Å². The van der Waals surface area contributed by atoms with E-state index in [4.69, 9.17) is 0 Å². The monoisotopic (exact) mass is 281 g/mol. The lowest BCUT2D eigenvalue weighted by atomic mass is 10.1. The second kappa shape index (κ2) is 6.37. The standard InChI is InChI=1S/C16H19N5/c1-2-15(16-17-9-10-18-16)19-12-13-4-6-14(7-5-13)21-11-3-8-20-21/h3-11,15,19H,2,12H2,1H3,(H,17,18). The molecule has 2 heterocycles. The molecule has 0 spiro atoms. The van der Waals surface area contributed by atoms with Crippen LogP contribution in [0.3, 0.4) is 0 Å². The average molecular weight is 281 g/mol. The average Bonchev–Trinajstić information content (AvgIpc) is 3.22. The summed E-state index contributed by atoms with van der Waals surface area (Å²) < 4.78 is 1.86. The van der Waals surface area contributed by atoms with Gasteiger partial charge in [0.2, 0.25) is 0 Å². The van der Waals surface area contributed by atoms with Gasteiger partial charge < -0.3 is 10.3 Å². The molecule has 0 saturated carbocycles. The fraction of sp³-hybridized carbons (Fsp3) is 0.250. The van der Waals surface area contributed by atoms with Crippen molar-refractivity contribution in [2.45, 2.75) is 25.9 Å². The largest absolute Gasteiger partial charge is 0.347 e. The molecule has 5 heteroatoms. The molecule has 2 N–H and O–H groups in total. The first-order valence-electron chi connectivity index (χ1n) is 7.18. The van der Waals surface area contributed by atoms with Gasteiger partial charge in [-0.2, -0.15) is 5.10 Å². The Morgan fingerprint density at radius 1 is 1.24 bits per heavy atom. The number of hydrogen-bond donors (Lipinski definition) is 2. The van der Waals surface area contributed by atoms with Crippen LogP contribution in [0.5, 0.6) is 0 Å². The number of aromatic nitrogens is 4. The highest BCUT2D eigenvalue weighted by atomic mass is 15.3. The zero-order valence-electron chi connectivity index (χ0n) is 12.0. The van der Waals surface area contributed by atoms with Gasteiger partial charge in [-0.15, -0.1) is 0 Å². The van der Waals surface area contributed by atoms with Gasteiger partial charge in [-0.25, -0.2) is 9.67 Å². The second-order valence-corrected chi connectivity index (χ2v) is 4.93. The van der Waals surface area contributed by atoms with Crippen LogP contribution in [-0.4, -0.2) is 19.7 Å². The number of imidazole rings is 1. The number of aromatic amines is 1. The molecule has 3 rings (SSSR count). The van der Waals surface area contributed by atoms with E-state index in [0.29, 0.717) is 0 Å². The molecule has 2 aromatic heterocycles. The number of nitrogens with one attached hydrogen (secondary N) is 2. The minimum absolute atomic E-state index is 0.255. The zero-order chi connectivity index (χ0) is 14.5. The lowest BCUT2D eigenvalue weighted by molar-refractivity contribution is 0.498. The highest BCUT2D eigenvalue weighted by molar-refractivity contribution is 5.33. The molecule has 21 heavy (non-hydrogen) atoms. The minimum Gasteiger partial charge on any atom is -0.347 e. The summed E-state index contributed by atoms with van der Waals surface area (Å²) in [5.74, 6) is 0.991. The normalized spacial score (nSPS) is 12.4. The fourth-order valence-electron chi connectivity index (χ4n) is 2.33. The third kappa shape index (κ3) is 3.20. The Balaban J connectivity index is 1.63. The molecule has 0 saturated heterocycles. The maximum atomic E-state index is 4.32. The van der Waals surface area contributed by atoms with Gasteiger partial charge >= 0.3 is 0 Å². The van der Waals surface area contributed by atoms with Crippen LogP contribution in [0, 0.1) is 0 Å². The van der Waals surface area contributed by atoms with E-state index in [9.17, 15) is 0 Å². The molecular formula is C16H19N5. The molecule has 1 aromatic carbocycles. The lowest BCUT2D eigenvalue weighted by Crippen LogP contribution is -2.21. The molecular weight excluding hydrogens is 262 g/mol. The summed E-state index contributed by atoms with van der Waals surface area (Å²) in [6.45, 7) is 2.97. The van der Waals surface area contributed by atoms with Gasteiger partial charge in [0.15, 0.2) is 0 Å². The van der Waals surface area contributed by atoms with E-state index in [1.807, 2.05) is 23.1 Å². The SMILES string of the molecule is CCC(NCc1ccc(-n2cccn2)cc1)c1ncc[nH]1. The van der Waals surface area contributed by atoms with Crippen molar-refractivity contribution in [1.29, 1.82) is 0 Å². The van der Waals surface area contributed by atoms with Crippen LogP contribution in [0.15, 0.2) is 55.1 Å². The van der Waals surface area contributed by atoms with Gasteiger partial charge in [0, 0.05) is 31.3 Å². The Labute approximate surface area is 124 Å². The molecule has 0 fully saturated rings. The molecule has 0 aliphatic rings. The van der Waals surface area contributed by atoms with Crippen molar-refractivity contribution in [2.24, 2.45) is 0 Å².